The molecule has 0 aliphatic carbocycles. The zero-order valence-electron chi connectivity index (χ0n) is 28.4. The van der Waals surface area contributed by atoms with E-state index in [1.165, 1.54) is 44.6 Å². The summed E-state index contributed by atoms with van der Waals surface area (Å²) in [5, 5.41) is 17.9. The zero-order valence-corrected chi connectivity index (χ0v) is 30.5. The Kier molecular flexibility index (Phi) is 22.9. The minimum atomic E-state index is -1.00. The summed E-state index contributed by atoms with van der Waals surface area (Å²) >= 11 is 0. The monoisotopic (exact) mass is 732 g/mol. The van der Waals surface area contributed by atoms with Crippen molar-refractivity contribution < 1.29 is 109 Å². The van der Waals surface area contributed by atoms with Gasteiger partial charge in [0.25, 0.3) is 0 Å². The predicted molar refractivity (Wildman–Crippen MR) is 169 cm³/mol. The Labute approximate surface area is 330 Å². The number of methoxy groups -OCH3 is 2. The SMILES string of the molecule is COc1cc(CCO)ccc1O.COc1cc(CCOc2cccc(F)n2)ccc1Oc1cccc(F)n1.Fc1cccc(F)n1.[2H]CF.[K+].[OH-]. The Bertz CT molecular complexity index is 1700. The van der Waals surface area contributed by atoms with Crippen LogP contribution in [0.2, 0.25) is 0 Å². The molecule has 16 heteroatoms. The maximum atomic E-state index is 13.2. The normalized spacial score (nSPS) is 9.64. The smallest absolute Gasteiger partial charge is 0.870 e. The van der Waals surface area contributed by atoms with Gasteiger partial charge in [-0.3, -0.25) is 4.39 Å². The van der Waals surface area contributed by atoms with Gasteiger partial charge in [0.1, 0.15) is 0 Å². The zero-order chi connectivity index (χ0) is 36.0. The molecule has 0 aliphatic heterocycles. The third kappa shape index (κ3) is 17.2. The Balaban J connectivity index is 0.000000828. The van der Waals surface area contributed by atoms with Gasteiger partial charge in [0.2, 0.25) is 35.6 Å². The van der Waals surface area contributed by atoms with Crippen LogP contribution in [-0.2, 0) is 12.8 Å². The number of nitrogens with zero attached hydrogens (tertiary/aromatic N) is 3. The van der Waals surface area contributed by atoms with E-state index in [-0.39, 0.29) is 81.0 Å². The Hall–Kier alpha value is -3.90. The second-order valence-corrected chi connectivity index (χ2v) is 9.05. The van der Waals surface area contributed by atoms with Crippen molar-refractivity contribution in [2.75, 3.05) is 34.6 Å². The predicted octanol–water partition coefficient (Wildman–Crippen LogP) is 3.89. The minimum absolute atomic E-state index is 0. The van der Waals surface area contributed by atoms with E-state index in [1.54, 1.807) is 42.5 Å². The Morgan fingerprint density at radius 3 is 1.66 bits per heavy atom. The number of aliphatic hydroxyl groups is 1. The van der Waals surface area contributed by atoms with Gasteiger partial charge < -0.3 is 34.6 Å². The molecule has 3 N–H and O–H groups in total. The summed E-state index contributed by atoms with van der Waals surface area (Å²) in [5.41, 5.74) is 1.88. The van der Waals surface area contributed by atoms with Crippen molar-refractivity contribution in [1.29, 1.82) is 0 Å². The van der Waals surface area contributed by atoms with Crippen LogP contribution in [0.15, 0.2) is 91.0 Å². The van der Waals surface area contributed by atoms with Gasteiger partial charge in [-0.25, -0.2) is 0 Å². The Morgan fingerprint density at radius 1 is 0.660 bits per heavy atom. The second kappa shape index (κ2) is 26.0. The molecule has 0 fully saturated rings. The third-order valence-corrected chi connectivity index (χ3v) is 5.79. The number of hydrogen-bond donors (Lipinski definition) is 2. The molecule has 10 nitrogen and oxygen atoms in total. The molecule has 50 heavy (non-hydrogen) atoms. The van der Waals surface area contributed by atoms with Gasteiger partial charge in [-0.15, -0.1) is 0 Å². The van der Waals surface area contributed by atoms with E-state index >= 15 is 0 Å². The number of hydrogen-bond acceptors (Lipinski definition) is 10. The van der Waals surface area contributed by atoms with Crippen LogP contribution in [0, 0.1) is 23.8 Å². The fourth-order valence-corrected chi connectivity index (χ4v) is 3.64. The van der Waals surface area contributed by atoms with Crippen molar-refractivity contribution >= 4 is 0 Å². The van der Waals surface area contributed by atoms with Crippen LogP contribution >= 0.6 is 0 Å². The molecule has 3 aromatic heterocycles. The van der Waals surface area contributed by atoms with Crippen LogP contribution in [-0.4, -0.2) is 65.2 Å². The number of aromatic nitrogens is 3. The summed E-state index contributed by atoms with van der Waals surface area (Å²) in [4.78, 5) is 10.1. The molecule has 0 bridgehead atoms. The van der Waals surface area contributed by atoms with Crippen molar-refractivity contribution in [3.05, 3.63) is 126 Å². The quantitative estimate of drug-likeness (QED) is 0.123. The van der Waals surface area contributed by atoms with Crippen LogP contribution in [0.4, 0.5) is 22.0 Å². The first-order valence-corrected chi connectivity index (χ1v) is 13.9. The van der Waals surface area contributed by atoms with Crippen molar-refractivity contribution in [2.45, 2.75) is 12.8 Å². The number of rotatable bonds is 10. The molecule has 264 valence electrons. The van der Waals surface area contributed by atoms with Gasteiger partial charge >= 0.3 is 51.4 Å². The molecule has 0 saturated heterocycles. The number of halogens is 5. The first-order valence-electron chi connectivity index (χ1n) is 14.7. The van der Waals surface area contributed by atoms with Gasteiger partial charge in [-0.1, -0.05) is 30.3 Å². The molecule has 0 unspecified atom stereocenters. The van der Waals surface area contributed by atoms with E-state index in [0.717, 1.165) is 23.3 Å². The summed E-state index contributed by atoms with van der Waals surface area (Å²) in [5.74, 6) is -0.946. The second-order valence-electron chi connectivity index (χ2n) is 9.05. The van der Waals surface area contributed by atoms with Crippen LogP contribution in [0.25, 0.3) is 0 Å². The average molecular weight is 733 g/mol. The molecule has 0 radical (unpaired) electrons. The van der Waals surface area contributed by atoms with E-state index in [4.69, 9.17) is 25.4 Å². The number of aromatic hydroxyl groups is 1. The number of phenolic OH excluding ortho intramolecular Hbond substituents is 1. The largest absolute Gasteiger partial charge is 1.00 e. The van der Waals surface area contributed by atoms with E-state index in [0.29, 0.717) is 36.7 Å². The van der Waals surface area contributed by atoms with Crippen LogP contribution in [0.5, 0.6) is 34.8 Å². The van der Waals surface area contributed by atoms with Crippen molar-refractivity contribution in [3.8, 4) is 34.8 Å². The summed E-state index contributed by atoms with van der Waals surface area (Å²) in [6.07, 6.45) is 1.14. The molecular formula is C34H35F5KN3O7. The van der Waals surface area contributed by atoms with Gasteiger partial charge in [0.15, 0.2) is 23.0 Å². The number of ether oxygens (including phenoxy) is 4. The van der Waals surface area contributed by atoms with E-state index < -0.39 is 30.9 Å². The van der Waals surface area contributed by atoms with Crippen molar-refractivity contribution in [3.63, 3.8) is 0 Å². The number of phenols is 1. The summed E-state index contributed by atoms with van der Waals surface area (Å²) in [7, 11) is 2.01. The first-order chi connectivity index (χ1) is 23.6. The van der Waals surface area contributed by atoms with Crippen molar-refractivity contribution in [1.82, 2.24) is 15.0 Å². The van der Waals surface area contributed by atoms with Gasteiger partial charge in [0.05, 0.1) is 29.4 Å². The molecule has 0 saturated carbocycles. The fraction of sp³-hybridized carbons (Fsp3) is 0.206. The molecule has 5 aromatic rings. The summed E-state index contributed by atoms with van der Waals surface area (Å²) in [6, 6.07) is 22.5. The molecule has 0 atom stereocenters. The average Bonchev–Trinajstić information content (AvgIpc) is 3.07. The molecule has 0 aliphatic rings. The summed E-state index contributed by atoms with van der Waals surface area (Å²) in [6.45, 7) is 0.430. The molecule has 0 spiro atoms. The number of benzene rings is 2. The Morgan fingerprint density at radius 2 is 1.14 bits per heavy atom. The van der Waals surface area contributed by atoms with Gasteiger partial charge in [-0.05, 0) is 66.1 Å². The fourth-order valence-electron chi connectivity index (χ4n) is 3.64. The number of pyridine rings is 3. The van der Waals surface area contributed by atoms with E-state index in [2.05, 4.69) is 15.0 Å². The van der Waals surface area contributed by atoms with Crippen LogP contribution in [0.3, 0.4) is 0 Å². The van der Waals surface area contributed by atoms with E-state index in [1.807, 2.05) is 6.07 Å². The minimum Gasteiger partial charge on any atom is -0.870 e. The van der Waals surface area contributed by atoms with Gasteiger partial charge in [-0.2, -0.15) is 32.5 Å². The van der Waals surface area contributed by atoms with Crippen molar-refractivity contribution in [2.24, 2.45) is 0 Å². The standard InChI is InChI=1S/C19H16F2N2O3.C9H12O3.C5H3F2N.CH3F.K.H2O/c1-24-15-12-13(10-11-25-18-6-2-4-16(20)22-18)8-9-14(15)26-19-7-3-5-17(21)23-19;1-12-9-6-7(4-5-10)2-3-8(9)11;6-4-2-1-3-5(7)8-4;1-2;;/h2-9,12H,10-11H2,1H3;2-3,6,10-11H,4-5H2,1H3;1-3H;1H3;;1H2/q;;;;+1;/p-1/i;;;1D;;. The van der Waals surface area contributed by atoms with Gasteiger partial charge in [0, 0.05) is 25.2 Å². The maximum Gasteiger partial charge on any atom is 1.00 e. The molecule has 5 rings (SSSR count). The van der Waals surface area contributed by atoms with Crippen LogP contribution < -0.4 is 70.3 Å². The van der Waals surface area contributed by atoms with E-state index in [9.17, 15) is 27.1 Å². The topological polar surface area (TPSA) is 146 Å². The summed E-state index contributed by atoms with van der Waals surface area (Å²) < 4.78 is 86.5. The molecule has 3 heterocycles. The van der Waals surface area contributed by atoms with Crippen LogP contribution in [0.1, 0.15) is 12.5 Å². The molecule has 2 aromatic carbocycles. The third-order valence-electron chi connectivity index (χ3n) is 5.79. The first kappa shape index (κ1) is 44.1. The number of aliphatic hydroxyl groups excluding tert-OH is 1. The molecular weight excluding hydrogens is 696 g/mol. The number of alkyl halides is 1. The maximum absolute atomic E-state index is 13.2. The molecule has 0 amide bonds.